The number of Topliss-reactive ketones (excluding diaryl/α,β-unsaturated/α-hetero) is 1. The van der Waals surface area contributed by atoms with E-state index in [2.05, 4.69) is 9.47 Å². The zero-order chi connectivity index (χ0) is 14.2. The van der Waals surface area contributed by atoms with E-state index >= 15 is 0 Å². The SMILES string of the molecule is COC(=O)C1=C(C(=O)OC)C2OC1C=C(OC)C2=O. The summed E-state index contributed by atoms with van der Waals surface area (Å²) in [6.45, 7) is 0. The van der Waals surface area contributed by atoms with E-state index in [1.54, 1.807) is 0 Å². The molecular weight excluding hydrogens is 256 g/mol. The second kappa shape index (κ2) is 4.85. The van der Waals surface area contributed by atoms with Gasteiger partial charge in [0.2, 0.25) is 5.78 Å². The van der Waals surface area contributed by atoms with Gasteiger partial charge >= 0.3 is 11.9 Å². The van der Waals surface area contributed by atoms with Crippen LogP contribution in [0.2, 0.25) is 0 Å². The van der Waals surface area contributed by atoms with E-state index in [0.717, 1.165) is 7.11 Å². The van der Waals surface area contributed by atoms with Gasteiger partial charge in [-0.15, -0.1) is 0 Å². The molecule has 0 fully saturated rings. The highest BCUT2D eigenvalue weighted by molar-refractivity contribution is 6.13. The van der Waals surface area contributed by atoms with Crippen LogP contribution in [0, 0.1) is 0 Å². The van der Waals surface area contributed by atoms with Crippen LogP contribution in [0.4, 0.5) is 0 Å². The zero-order valence-corrected chi connectivity index (χ0v) is 10.6. The van der Waals surface area contributed by atoms with Gasteiger partial charge in [-0.1, -0.05) is 0 Å². The van der Waals surface area contributed by atoms with Crippen molar-refractivity contribution in [2.45, 2.75) is 12.2 Å². The third-order valence-electron chi connectivity index (χ3n) is 2.93. The Morgan fingerprint density at radius 1 is 1.11 bits per heavy atom. The standard InChI is InChI=1S/C12H12O7/c1-16-6-4-5-7(11(14)17-2)8(12(15)18-3)10(19-5)9(6)13/h4-5,10H,1-3H3. The summed E-state index contributed by atoms with van der Waals surface area (Å²) in [5.41, 5.74) is -0.160. The first-order chi connectivity index (χ1) is 9.04. The lowest BCUT2D eigenvalue weighted by Gasteiger charge is -2.19. The molecule has 2 heterocycles. The molecule has 2 aliphatic heterocycles. The van der Waals surface area contributed by atoms with Gasteiger partial charge in [0.05, 0.1) is 32.5 Å². The molecule has 2 aliphatic rings. The number of fused-ring (bicyclic) bond motifs is 2. The number of carbonyl (C=O) groups is 3. The Morgan fingerprint density at radius 3 is 2.21 bits per heavy atom. The summed E-state index contributed by atoms with van der Waals surface area (Å²) in [4.78, 5) is 35.5. The fourth-order valence-electron chi connectivity index (χ4n) is 2.07. The third-order valence-corrected chi connectivity index (χ3v) is 2.93. The van der Waals surface area contributed by atoms with Crippen LogP contribution in [0.15, 0.2) is 23.0 Å². The first-order valence-electron chi connectivity index (χ1n) is 5.41. The molecule has 0 N–H and O–H groups in total. The minimum absolute atomic E-state index is 0.0280. The molecule has 0 aromatic carbocycles. The second-order valence-electron chi connectivity index (χ2n) is 3.85. The highest BCUT2D eigenvalue weighted by atomic mass is 16.6. The minimum Gasteiger partial charge on any atom is -0.493 e. The maximum absolute atomic E-state index is 12.0. The second-order valence-corrected chi connectivity index (χ2v) is 3.85. The fourth-order valence-corrected chi connectivity index (χ4v) is 2.07. The van der Waals surface area contributed by atoms with Crippen LogP contribution in [0.25, 0.3) is 0 Å². The number of ketones is 1. The van der Waals surface area contributed by atoms with Crippen molar-refractivity contribution in [3.8, 4) is 0 Å². The highest BCUT2D eigenvalue weighted by Gasteiger charge is 2.49. The first kappa shape index (κ1) is 13.3. The predicted octanol–water partition coefficient (Wildman–Crippen LogP) is -0.491. The van der Waals surface area contributed by atoms with Gasteiger partial charge in [0, 0.05) is 0 Å². The quantitative estimate of drug-likeness (QED) is 0.638. The largest absolute Gasteiger partial charge is 0.493 e. The van der Waals surface area contributed by atoms with Crippen molar-refractivity contribution in [3.05, 3.63) is 23.0 Å². The van der Waals surface area contributed by atoms with Crippen molar-refractivity contribution >= 4 is 17.7 Å². The molecule has 0 aromatic heterocycles. The number of ether oxygens (including phenoxy) is 4. The van der Waals surface area contributed by atoms with Crippen molar-refractivity contribution in [2.75, 3.05) is 21.3 Å². The van der Waals surface area contributed by atoms with E-state index in [4.69, 9.17) is 9.47 Å². The summed E-state index contributed by atoms with van der Waals surface area (Å²) >= 11 is 0. The van der Waals surface area contributed by atoms with Crippen molar-refractivity contribution in [3.63, 3.8) is 0 Å². The summed E-state index contributed by atoms with van der Waals surface area (Å²) in [5.74, 6) is -2.03. The lowest BCUT2D eigenvalue weighted by Crippen LogP contribution is -2.33. The average Bonchev–Trinajstić information content (AvgIpc) is 2.76. The minimum atomic E-state index is -1.19. The van der Waals surface area contributed by atoms with Crippen molar-refractivity contribution in [1.82, 2.24) is 0 Å². The van der Waals surface area contributed by atoms with Crippen LogP contribution in [-0.4, -0.2) is 51.3 Å². The lowest BCUT2D eigenvalue weighted by molar-refractivity contribution is -0.140. The maximum Gasteiger partial charge on any atom is 0.337 e. The summed E-state index contributed by atoms with van der Waals surface area (Å²) in [6.07, 6.45) is -0.702. The number of esters is 2. The fraction of sp³-hybridized carbons (Fsp3) is 0.417. The van der Waals surface area contributed by atoms with Gasteiger partial charge in [-0.05, 0) is 6.08 Å². The van der Waals surface area contributed by atoms with Crippen LogP contribution in [-0.2, 0) is 33.3 Å². The van der Waals surface area contributed by atoms with E-state index in [1.807, 2.05) is 0 Å². The normalized spacial score (nSPS) is 25.0. The van der Waals surface area contributed by atoms with E-state index in [9.17, 15) is 14.4 Å². The van der Waals surface area contributed by atoms with Gasteiger partial charge in [-0.25, -0.2) is 9.59 Å². The van der Waals surface area contributed by atoms with Crippen molar-refractivity contribution in [1.29, 1.82) is 0 Å². The number of hydrogen-bond donors (Lipinski definition) is 0. The predicted molar refractivity (Wildman–Crippen MR) is 59.8 cm³/mol. The molecule has 7 heteroatoms. The van der Waals surface area contributed by atoms with Gasteiger partial charge in [0.1, 0.15) is 6.10 Å². The zero-order valence-electron chi connectivity index (χ0n) is 10.6. The summed E-state index contributed by atoms with van der Waals surface area (Å²) in [6, 6.07) is 0. The number of hydrogen-bond acceptors (Lipinski definition) is 7. The first-order valence-corrected chi connectivity index (χ1v) is 5.41. The van der Waals surface area contributed by atoms with Gasteiger partial charge in [0.15, 0.2) is 11.9 Å². The van der Waals surface area contributed by atoms with Gasteiger partial charge in [0.25, 0.3) is 0 Å². The molecule has 102 valence electrons. The van der Waals surface area contributed by atoms with Crippen LogP contribution < -0.4 is 0 Å². The molecule has 19 heavy (non-hydrogen) atoms. The smallest absolute Gasteiger partial charge is 0.337 e. The maximum atomic E-state index is 12.0. The Bertz CT molecular complexity index is 514. The molecule has 7 nitrogen and oxygen atoms in total. The average molecular weight is 268 g/mol. The van der Waals surface area contributed by atoms with Gasteiger partial charge in [-0.3, -0.25) is 4.79 Å². The van der Waals surface area contributed by atoms with Crippen LogP contribution in [0.5, 0.6) is 0 Å². The van der Waals surface area contributed by atoms with Gasteiger partial charge in [-0.2, -0.15) is 0 Å². The molecule has 0 radical (unpaired) electrons. The lowest BCUT2D eigenvalue weighted by atomic mass is 10.0. The monoisotopic (exact) mass is 268 g/mol. The Labute approximate surface area is 108 Å². The Kier molecular flexibility index (Phi) is 3.39. The van der Waals surface area contributed by atoms with E-state index in [0.29, 0.717) is 0 Å². The Balaban J connectivity index is 2.54. The molecule has 0 spiro atoms. The molecule has 2 atom stereocenters. The summed E-state index contributed by atoms with van der Waals surface area (Å²) in [7, 11) is 3.65. The van der Waals surface area contributed by atoms with Crippen LogP contribution in [0.1, 0.15) is 0 Å². The molecule has 2 rings (SSSR count). The van der Waals surface area contributed by atoms with Crippen molar-refractivity contribution in [2.24, 2.45) is 0 Å². The Morgan fingerprint density at radius 2 is 1.68 bits per heavy atom. The van der Waals surface area contributed by atoms with E-state index < -0.39 is 29.9 Å². The molecule has 0 aliphatic carbocycles. The van der Waals surface area contributed by atoms with E-state index in [1.165, 1.54) is 20.3 Å². The number of carbonyl (C=O) groups excluding carboxylic acids is 3. The summed E-state index contributed by atoms with van der Waals surface area (Å²) < 4.78 is 19.4. The molecule has 2 unspecified atom stereocenters. The molecule has 0 amide bonds. The highest BCUT2D eigenvalue weighted by Crippen LogP contribution is 2.36. The third kappa shape index (κ3) is 1.91. The number of methoxy groups -OCH3 is 3. The van der Waals surface area contributed by atoms with E-state index in [-0.39, 0.29) is 16.9 Å². The van der Waals surface area contributed by atoms with Crippen LogP contribution >= 0.6 is 0 Å². The molecule has 0 aromatic rings. The molecule has 0 saturated heterocycles. The topological polar surface area (TPSA) is 88.1 Å². The molecule has 0 saturated carbocycles. The summed E-state index contributed by atoms with van der Waals surface area (Å²) in [5, 5.41) is 0. The number of rotatable bonds is 3. The molecular formula is C12H12O7. The van der Waals surface area contributed by atoms with Crippen molar-refractivity contribution < 1.29 is 33.3 Å². The van der Waals surface area contributed by atoms with Crippen LogP contribution in [0.3, 0.4) is 0 Å². The molecule has 2 bridgehead atoms. The Hall–Kier alpha value is -2.15. The van der Waals surface area contributed by atoms with Gasteiger partial charge < -0.3 is 18.9 Å².